The molecule has 5 heteroatoms. The van der Waals surface area contributed by atoms with Gasteiger partial charge in [-0.05, 0) is 85.8 Å². The van der Waals surface area contributed by atoms with E-state index in [0.717, 1.165) is 49.3 Å². The van der Waals surface area contributed by atoms with Crippen LogP contribution in [0.2, 0.25) is 0 Å². The molecule has 1 saturated heterocycles. The average molecular weight is 396 g/mol. The fourth-order valence-corrected chi connectivity index (χ4v) is 3.64. The fourth-order valence-electron chi connectivity index (χ4n) is 3.40. The van der Waals surface area contributed by atoms with Gasteiger partial charge in [0.2, 0.25) is 0 Å². The molecule has 3 rings (SSSR count). The Morgan fingerprint density at radius 1 is 0.964 bits per heavy atom. The molecule has 1 heterocycles. The van der Waals surface area contributed by atoms with Gasteiger partial charge in [0.1, 0.15) is 0 Å². The highest BCUT2D eigenvalue weighted by Gasteiger charge is 2.17. The summed E-state index contributed by atoms with van der Waals surface area (Å²) in [5.41, 5.74) is 3.89. The molecular weight excluding hydrogens is 366 g/mol. The van der Waals surface area contributed by atoms with E-state index < -0.39 is 0 Å². The second-order valence-electron chi connectivity index (χ2n) is 7.44. The van der Waals surface area contributed by atoms with Gasteiger partial charge in [0.15, 0.2) is 5.11 Å². The highest BCUT2D eigenvalue weighted by atomic mass is 32.1. The average Bonchev–Trinajstić information content (AvgIpc) is 2.74. The number of rotatable bonds is 5. The van der Waals surface area contributed by atoms with Crippen LogP contribution in [0.15, 0.2) is 48.5 Å². The fraction of sp³-hybridized carbons (Fsp3) is 0.391. The molecule has 0 radical (unpaired) electrons. The van der Waals surface area contributed by atoms with Crippen molar-refractivity contribution in [2.75, 3.05) is 23.7 Å². The summed E-state index contributed by atoms with van der Waals surface area (Å²) in [6, 6.07) is 15.9. The number of carbonyl (C=O) groups excluding carboxylic acids is 1. The number of piperidine rings is 1. The topological polar surface area (TPSA) is 44.4 Å². The van der Waals surface area contributed by atoms with Gasteiger partial charge in [0.05, 0.1) is 0 Å². The largest absolute Gasteiger partial charge is 0.339 e. The molecule has 1 atom stereocenters. The van der Waals surface area contributed by atoms with E-state index in [1.165, 1.54) is 12.0 Å². The quantitative estimate of drug-likeness (QED) is 0.644. The zero-order chi connectivity index (χ0) is 19.9. The normalized spacial score (nSPS) is 15.0. The predicted octanol–water partition coefficient (Wildman–Crippen LogP) is 5.64. The zero-order valence-corrected chi connectivity index (χ0v) is 17.5. The van der Waals surface area contributed by atoms with Crippen LogP contribution in [0, 0.1) is 0 Å². The second kappa shape index (κ2) is 9.69. The smallest absolute Gasteiger partial charge is 0.253 e. The van der Waals surface area contributed by atoms with Gasteiger partial charge in [-0.2, -0.15) is 0 Å². The molecule has 2 aromatic rings. The van der Waals surface area contributed by atoms with Crippen LogP contribution >= 0.6 is 12.2 Å². The van der Waals surface area contributed by atoms with Gasteiger partial charge in [-0.3, -0.25) is 4.79 Å². The number of hydrogen-bond donors (Lipinski definition) is 2. The van der Waals surface area contributed by atoms with E-state index in [0.29, 0.717) is 11.0 Å². The summed E-state index contributed by atoms with van der Waals surface area (Å²) >= 11 is 5.41. The van der Waals surface area contributed by atoms with Crippen LogP contribution in [0.25, 0.3) is 0 Å². The third-order valence-corrected chi connectivity index (χ3v) is 5.59. The van der Waals surface area contributed by atoms with Crippen molar-refractivity contribution in [3.63, 3.8) is 0 Å². The first kappa shape index (κ1) is 20.3. The number of amides is 1. The molecule has 0 saturated carbocycles. The highest BCUT2D eigenvalue weighted by molar-refractivity contribution is 7.80. The third kappa shape index (κ3) is 5.32. The van der Waals surface area contributed by atoms with Crippen molar-refractivity contribution in [3.05, 3.63) is 59.7 Å². The van der Waals surface area contributed by atoms with Crippen molar-refractivity contribution in [1.29, 1.82) is 0 Å². The lowest BCUT2D eigenvalue weighted by Gasteiger charge is -2.26. The predicted molar refractivity (Wildman–Crippen MR) is 121 cm³/mol. The van der Waals surface area contributed by atoms with E-state index in [-0.39, 0.29) is 5.91 Å². The molecule has 2 N–H and O–H groups in total. The van der Waals surface area contributed by atoms with Gasteiger partial charge >= 0.3 is 0 Å². The minimum atomic E-state index is 0.119. The Labute approximate surface area is 173 Å². The van der Waals surface area contributed by atoms with Crippen LogP contribution in [0.4, 0.5) is 11.4 Å². The Bertz CT molecular complexity index is 796. The standard InChI is InChI=1S/C23H29N3OS/c1-3-17(2)18-7-11-20(12-8-18)24-23(28)25-21-13-9-19(10-14-21)22(27)26-15-5-4-6-16-26/h7-14,17H,3-6,15-16H2,1-2H3,(H2,24,25,28)/t17-/m1/s1. The summed E-state index contributed by atoms with van der Waals surface area (Å²) in [5, 5.41) is 6.92. The molecule has 1 amide bonds. The summed E-state index contributed by atoms with van der Waals surface area (Å²) < 4.78 is 0. The van der Waals surface area contributed by atoms with Gasteiger partial charge in [-0.25, -0.2) is 0 Å². The van der Waals surface area contributed by atoms with E-state index in [1.54, 1.807) is 0 Å². The molecule has 148 valence electrons. The molecule has 1 aliphatic rings. The number of likely N-dealkylation sites (tertiary alicyclic amines) is 1. The van der Waals surface area contributed by atoms with E-state index in [9.17, 15) is 4.79 Å². The molecule has 0 spiro atoms. The van der Waals surface area contributed by atoms with Crippen LogP contribution in [0.3, 0.4) is 0 Å². The van der Waals surface area contributed by atoms with Crippen molar-refractivity contribution in [2.24, 2.45) is 0 Å². The lowest BCUT2D eigenvalue weighted by Crippen LogP contribution is -2.35. The molecule has 2 aromatic carbocycles. The van der Waals surface area contributed by atoms with Crippen molar-refractivity contribution in [3.8, 4) is 0 Å². The number of thiocarbonyl (C=S) groups is 1. The number of benzene rings is 2. The molecule has 1 fully saturated rings. The van der Waals surface area contributed by atoms with Crippen LogP contribution in [0.1, 0.15) is 61.4 Å². The Hall–Kier alpha value is -2.40. The van der Waals surface area contributed by atoms with Gasteiger partial charge in [0.25, 0.3) is 5.91 Å². The van der Waals surface area contributed by atoms with Crippen LogP contribution < -0.4 is 10.6 Å². The van der Waals surface area contributed by atoms with E-state index in [1.807, 2.05) is 29.2 Å². The minimum Gasteiger partial charge on any atom is -0.339 e. The number of nitrogens with zero attached hydrogens (tertiary/aromatic N) is 1. The van der Waals surface area contributed by atoms with Gasteiger partial charge in [-0.15, -0.1) is 0 Å². The Morgan fingerprint density at radius 3 is 2.04 bits per heavy atom. The number of carbonyl (C=O) groups is 1. The first-order chi connectivity index (χ1) is 13.6. The summed E-state index contributed by atoms with van der Waals surface area (Å²) in [5.74, 6) is 0.679. The van der Waals surface area contributed by atoms with Crippen molar-refractivity contribution in [2.45, 2.75) is 45.4 Å². The van der Waals surface area contributed by atoms with Gasteiger partial charge in [-0.1, -0.05) is 26.0 Å². The first-order valence-electron chi connectivity index (χ1n) is 10.1. The molecular formula is C23H29N3OS. The summed E-state index contributed by atoms with van der Waals surface area (Å²) in [6.45, 7) is 6.15. The van der Waals surface area contributed by atoms with E-state index >= 15 is 0 Å². The number of anilines is 2. The second-order valence-corrected chi connectivity index (χ2v) is 7.85. The zero-order valence-electron chi connectivity index (χ0n) is 16.7. The molecule has 0 aromatic heterocycles. The monoisotopic (exact) mass is 395 g/mol. The Kier molecular flexibility index (Phi) is 7.04. The maximum Gasteiger partial charge on any atom is 0.253 e. The summed E-state index contributed by atoms with van der Waals surface area (Å²) in [4.78, 5) is 14.5. The Morgan fingerprint density at radius 2 is 1.50 bits per heavy atom. The van der Waals surface area contributed by atoms with Crippen molar-refractivity contribution >= 4 is 34.6 Å². The van der Waals surface area contributed by atoms with Crippen molar-refractivity contribution in [1.82, 2.24) is 4.90 Å². The molecule has 0 bridgehead atoms. The lowest BCUT2D eigenvalue weighted by atomic mass is 9.99. The number of hydrogen-bond acceptors (Lipinski definition) is 2. The van der Waals surface area contributed by atoms with Crippen LogP contribution in [-0.2, 0) is 0 Å². The lowest BCUT2D eigenvalue weighted by molar-refractivity contribution is 0.0724. The van der Waals surface area contributed by atoms with Gasteiger partial charge in [0, 0.05) is 30.0 Å². The molecule has 28 heavy (non-hydrogen) atoms. The van der Waals surface area contributed by atoms with E-state index in [4.69, 9.17) is 12.2 Å². The Balaban J connectivity index is 1.54. The third-order valence-electron chi connectivity index (χ3n) is 5.38. The SMILES string of the molecule is CC[C@@H](C)c1ccc(NC(=S)Nc2ccc(C(=O)N3CCCCC3)cc2)cc1. The van der Waals surface area contributed by atoms with Crippen LogP contribution in [0.5, 0.6) is 0 Å². The molecule has 1 aliphatic heterocycles. The van der Waals surface area contributed by atoms with Gasteiger partial charge < -0.3 is 15.5 Å². The minimum absolute atomic E-state index is 0.119. The first-order valence-corrected chi connectivity index (χ1v) is 10.5. The maximum atomic E-state index is 12.5. The molecule has 0 aliphatic carbocycles. The highest BCUT2D eigenvalue weighted by Crippen LogP contribution is 2.21. The van der Waals surface area contributed by atoms with Crippen molar-refractivity contribution < 1.29 is 4.79 Å². The molecule has 4 nitrogen and oxygen atoms in total. The summed E-state index contributed by atoms with van der Waals surface area (Å²) in [6.07, 6.45) is 4.55. The van der Waals surface area contributed by atoms with E-state index in [2.05, 4.69) is 48.7 Å². The molecule has 0 unspecified atom stereocenters. The number of nitrogens with one attached hydrogen (secondary N) is 2. The summed E-state index contributed by atoms with van der Waals surface area (Å²) in [7, 11) is 0. The maximum absolute atomic E-state index is 12.5. The van der Waals surface area contributed by atoms with Crippen LogP contribution in [-0.4, -0.2) is 29.0 Å².